The van der Waals surface area contributed by atoms with Gasteiger partial charge in [0.2, 0.25) is 0 Å². The van der Waals surface area contributed by atoms with Crippen molar-refractivity contribution in [2.45, 2.75) is 58.5 Å². The molecule has 2 aliphatic heterocycles. The Bertz CT molecular complexity index is 2750. The number of hydrogen-bond donors (Lipinski definition) is 1. The van der Waals surface area contributed by atoms with Crippen molar-refractivity contribution in [3.05, 3.63) is 128 Å². The molecule has 1 unspecified atom stereocenters. The van der Waals surface area contributed by atoms with Crippen molar-refractivity contribution in [2.24, 2.45) is 12.8 Å². The second kappa shape index (κ2) is 13.6. The Hall–Kier alpha value is -5.99. The summed E-state index contributed by atoms with van der Waals surface area (Å²) in [5, 5.41) is 10.2. The van der Waals surface area contributed by atoms with E-state index in [0.717, 1.165) is 37.0 Å². The first kappa shape index (κ1) is 35.7. The second-order valence-electron chi connectivity index (χ2n) is 15.0. The Morgan fingerprint density at radius 2 is 1.73 bits per heavy atom. The van der Waals surface area contributed by atoms with Gasteiger partial charge < -0.3 is 15.4 Å². The molecule has 0 radical (unpaired) electrons. The third-order valence-electron chi connectivity index (χ3n) is 11.3. The zero-order valence-electron chi connectivity index (χ0n) is 31.6. The first-order valence-electron chi connectivity index (χ1n) is 18.8. The van der Waals surface area contributed by atoms with Crippen LogP contribution >= 0.6 is 0 Å². The molecule has 0 saturated carbocycles. The van der Waals surface area contributed by atoms with Crippen LogP contribution in [0.2, 0.25) is 0 Å². The number of carbonyl (C=O) groups is 1. The van der Waals surface area contributed by atoms with Crippen LogP contribution in [-0.2, 0) is 24.8 Å². The van der Waals surface area contributed by atoms with E-state index in [1.807, 2.05) is 19.1 Å². The zero-order chi connectivity index (χ0) is 39.0. The molecule has 12 nitrogen and oxygen atoms in total. The average molecular weight is 758 g/mol. The lowest BCUT2D eigenvalue weighted by molar-refractivity contribution is 0.0732. The lowest BCUT2D eigenvalue weighted by atomic mass is 9.90. The minimum absolute atomic E-state index is 0.0616. The maximum absolute atomic E-state index is 15.9. The van der Waals surface area contributed by atoms with E-state index < -0.39 is 17.5 Å². The molecule has 0 spiro atoms. The number of benzene rings is 3. The highest BCUT2D eigenvalue weighted by atomic mass is 19.1. The number of nitrogens with zero attached hydrogens (tertiary/aromatic N) is 8. The summed E-state index contributed by atoms with van der Waals surface area (Å²) in [5.74, 6) is -0.388. The van der Waals surface area contributed by atoms with E-state index in [-0.39, 0.29) is 29.3 Å². The van der Waals surface area contributed by atoms with Crippen molar-refractivity contribution in [1.29, 1.82) is 0 Å². The first-order chi connectivity index (χ1) is 27.0. The summed E-state index contributed by atoms with van der Waals surface area (Å²) >= 11 is 0. The summed E-state index contributed by atoms with van der Waals surface area (Å²) < 4.78 is 42.2. The van der Waals surface area contributed by atoms with Crippen LogP contribution in [0.1, 0.15) is 75.7 Å². The van der Waals surface area contributed by atoms with Crippen LogP contribution in [0.25, 0.3) is 39.0 Å². The Morgan fingerprint density at radius 3 is 2.48 bits per heavy atom. The molecule has 6 heterocycles. The molecule has 1 atom stereocenters. The number of hydrogen-bond acceptors (Lipinski definition) is 7. The van der Waals surface area contributed by atoms with Gasteiger partial charge in [-0.25, -0.2) is 18.3 Å². The normalized spacial score (nSPS) is 15.5. The van der Waals surface area contributed by atoms with Crippen LogP contribution in [0.3, 0.4) is 0 Å². The summed E-state index contributed by atoms with van der Waals surface area (Å²) in [5.41, 5.74) is 12.2. The van der Waals surface area contributed by atoms with Gasteiger partial charge in [0.25, 0.3) is 5.91 Å². The van der Waals surface area contributed by atoms with Gasteiger partial charge in [0.15, 0.2) is 5.82 Å². The van der Waals surface area contributed by atoms with Crippen molar-refractivity contribution in [3.63, 3.8) is 0 Å². The Morgan fingerprint density at radius 1 is 0.982 bits per heavy atom. The molecule has 286 valence electrons. The second-order valence-corrected chi connectivity index (χ2v) is 15.0. The third kappa shape index (κ3) is 5.82. The minimum atomic E-state index is -0.582. The number of fused-ring (bicyclic) bond motifs is 3. The van der Waals surface area contributed by atoms with Crippen molar-refractivity contribution in [3.8, 4) is 17.2 Å². The van der Waals surface area contributed by atoms with Gasteiger partial charge in [-0.3, -0.25) is 23.6 Å². The number of pyridine rings is 1. The Kier molecular flexibility index (Phi) is 8.69. The predicted molar refractivity (Wildman–Crippen MR) is 208 cm³/mol. The number of carbonyl (C=O) groups excluding carboxylic acids is 1. The molecule has 4 aromatic heterocycles. The SMILES string of the molecule is Cc1cc(-n2nc3c(c2-n2ccn(-c4ccc5c(cnn5C)c4F)c2=O)CN(C(=O)c2cc4ccc(C5CCOCC5)cc4nc2C(C)N)CC3)cc(C)c1F. The lowest BCUT2D eigenvalue weighted by Gasteiger charge is -2.28. The number of aromatic nitrogens is 7. The average Bonchev–Trinajstić information content (AvgIpc) is 3.90. The molecule has 3 aromatic carbocycles. The monoisotopic (exact) mass is 757 g/mol. The van der Waals surface area contributed by atoms with E-state index in [4.69, 9.17) is 20.6 Å². The summed E-state index contributed by atoms with van der Waals surface area (Å²) in [6, 6.07) is 14.2. The molecule has 7 aromatic rings. The van der Waals surface area contributed by atoms with Crippen molar-refractivity contribution >= 4 is 27.7 Å². The van der Waals surface area contributed by atoms with E-state index >= 15 is 4.39 Å². The van der Waals surface area contributed by atoms with Crippen LogP contribution in [0, 0.1) is 25.5 Å². The molecule has 56 heavy (non-hydrogen) atoms. The minimum Gasteiger partial charge on any atom is -0.381 e. The zero-order valence-corrected chi connectivity index (χ0v) is 31.6. The van der Waals surface area contributed by atoms with Crippen LogP contribution < -0.4 is 11.4 Å². The molecule has 1 fully saturated rings. The Balaban J connectivity index is 1.14. The summed E-state index contributed by atoms with van der Waals surface area (Å²) in [6.45, 7) is 7.12. The van der Waals surface area contributed by atoms with E-state index in [1.54, 1.807) is 65.6 Å². The van der Waals surface area contributed by atoms with E-state index in [0.29, 0.717) is 69.5 Å². The molecule has 1 amide bonds. The smallest absolute Gasteiger partial charge is 0.338 e. The van der Waals surface area contributed by atoms with E-state index in [2.05, 4.69) is 17.2 Å². The number of halogens is 2. The number of nitrogens with two attached hydrogens (primary N) is 1. The lowest BCUT2D eigenvalue weighted by Crippen LogP contribution is -2.37. The van der Waals surface area contributed by atoms with Crippen molar-refractivity contribution < 1.29 is 18.3 Å². The van der Waals surface area contributed by atoms with Gasteiger partial charge in [0.1, 0.15) is 11.6 Å². The predicted octanol–water partition coefficient (Wildman–Crippen LogP) is 6.26. The van der Waals surface area contributed by atoms with Gasteiger partial charge in [0, 0.05) is 62.6 Å². The molecule has 14 heteroatoms. The molecule has 1 saturated heterocycles. The summed E-state index contributed by atoms with van der Waals surface area (Å²) in [6.07, 6.45) is 6.79. The molecule has 0 bridgehead atoms. The largest absolute Gasteiger partial charge is 0.381 e. The van der Waals surface area contributed by atoms with Gasteiger partial charge in [0.05, 0.1) is 57.5 Å². The number of imidazole rings is 1. The first-order valence-corrected chi connectivity index (χ1v) is 18.8. The fourth-order valence-electron chi connectivity index (χ4n) is 8.27. The number of rotatable bonds is 6. The van der Waals surface area contributed by atoms with Crippen LogP contribution in [0.4, 0.5) is 8.78 Å². The fraction of sp³-hybridized carbons (Fsp3) is 0.310. The molecule has 2 aliphatic rings. The third-order valence-corrected chi connectivity index (χ3v) is 11.3. The van der Waals surface area contributed by atoms with Crippen molar-refractivity contribution in [1.82, 2.24) is 38.6 Å². The quantitative estimate of drug-likeness (QED) is 0.212. The molecular formula is C42H41F2N9O3. The van der Waals surface area contributed by atoms with Crippen LogP contribution in [0.5, 0.6) is 0 Å². The highest BCUT2D eigenvalue weighted by molar-refractivity contribution is 5.99. The van der Waals surface area contributed by atoms with Gasteiger partial charge in [-0.2, -0.15) is 10.2 Å². The summed E-state index contributed by atoms with van der Waals surface area (Å²) in [4.78, 5) is 35.6. The summed E-state index contributed by atoms with van der Waals surface area (Å²) in [7, 11) is 1.72. The highest BCUT2D eigenvalue weighted by Crippen LogP contribution is 2.33. The fourth-order valence-corrected chi connectivity index (χ4v) is 8.27. The number of ether oxygens (including phenoxy) is 1. The molecule has 9 rings (SSSR count). The molecular weight excluding hydrogens is 717 g/mol. The Labute approximate surface area is 320 Å². The van der Waals surface area contributed by atoms with Crippen LogP contribution in [-0.4, -0.2) is 64.2 Å². The van der Waals surface area contributed by atoms with Crippen molar-refractivity contribution in [2.75, 3.05) is 19.8 Å². The molecule has 0 aliphatic carbocycles. The number of amides is 1. The maximum Gasteiger partial charge on any atom is 0.338 e. The van der Waals surface area contributed by atoms with E-state index in [9.17, 15) is 14.0 Å². The highest BCUT2D eigenvalue weighted by Gasteiger charge is 2.32. The number of aryl methyl sites for hydroxylation is 3. The van der Waals surface area contributed by atoms with E-state index in [1.165, 1.54) is 27.1 Å². The van der Waals surface area contributed by atoms with Gasteiger partial charge >= 0.3 is 5.69 Å². The maximum atomic E-state index is 15.9. The van der Waals surface area contributed by atoms with Gasteiger partial charge in [-0.05, 0) is 92.6 Å². The van der Waals surface area contributed by atoms with Gasteiger partial charge in [-0.1, -0.05) is 12.1 Å². The topological polar surface area (TPSA) is 131 Å². The molecule has 2 N–H and O–H groups in total. The van der Waals surface area contributed by atoms with Gasteiger partial charge in [-0.15, -0.1) is 0 Å². The standard InChI is InChI=1S/C42H41F2N9O3/c1-23-17-29(18-24(2)37(23)43)53-40(52-14-13-51(42(52)55)36-8-7-35-31(38(36)44)21-46-49(35)4)32-22-50(12-9-33(32)48-53)41(54)30-19-28-6-5-27(26-10-15-56-16-11-26)20-34(28)47-39(30)25(3)45/h5-8,13-14,17-21,25-26H,9-12,15-16,22,45H2,1-4H3. The van der Waals surface area contributed by atoms with Crippen LogP contribution in [0.15, 0.2) is 71.9 Å².